The van der Waals surface area contributed by atoms with Crippen LogP contribution in [0.25, 0.3) is 11.1 Å². The first-order chi connectivity index (χ1) is 21.2. The fourth-order valence-corrected chi connectivity index (χ4v) is 5.78. The van der Waals surface area contributed by atoms with E-state index in [4.69, 9.17) is 0 Å². The van der Waals surface area contributed by atoms with Gasteiger partial charge in [0, 0.05) is 0 Å². The van der Waals surface area contributed by atoms with Crippen LogP contribution in [0.15, 0.2) is 97.1 Å². The summed E-state index contributed by atoms with van der Waals surface area (Å²) < 4.78 is 64.0. The van der Waals surface area contributed by atoms with E-state index in [-0.39, 0.29) is 23.0 Å². The molecule has 0 aliphatic rings. The highest BCUT2D eigenvalue weighted by Gasteiger charge is 2.22. The third kappa shape index (κ3) is 10.8. The standard InChI is InChI=1S/C26H24O16P4/c27-43(28,29)39-21-9-1-17(2-10-21)25(18-3-11-22(12-4-18)40-44(30,31)32)26(19-5-13-23(14-6-19)41-45(33,34)35)20-7-15-24(16-8-20)42-46(36,37)38/h1-16H,(H2,27,28,29)(H2,30,31,32)(H2,33,34,35)(H2,36,37,38). The number of hydrogen-bond acceptors (Lipinski definition) is 8. The summed E-state index contributed by atoms with van der Waals surface area (Å²) in [6.07, 6.45) is 0. The van der Waals surface area contributed by atoms with Crippen molar-refractivity contribution in [1.29, 1.82) is 0 Å². The van der Waals surface area contributed by atoms with Crippen LogP contribution in [0.1, 0.15) is 22.3 Å². The van der Waals surface area contributed by atoms with Crippen molar-refractivity contribution in [2.24, 2.45) is 0 Å². The average molecular weight is 716 g/mol. The number of phosphoric ester groups is 4. The van der Waals surface area contributed by atoms with Crippen molar-refractivity contribution in [1.82, 2.24) is 0 Å². The minimum atomic E-state index is -4.89. The van der Waals surface area contributed by atoms with Crippen molar-refractivity contribution in [2.75, 3.05) is 0 Å². The molecule has 0 fully saturated rings. The highest BCUT2D eigenvalue weighted by atomic mass is 31.2. The molecule has 0 atom stereocenters. The van der Waals surface area contributed by atoms with Crippen LogP contribution in [0, 0.1) is 0 Å². The SMILES string of the molecule is O=P(O)(O)Oc1ccc(C(=C(c2ccc(OP(=O)(O)O)cc2)c2ccc(OP(=O)(O)O)cc2)c2ccc(OP(=O)(O)O)cc2)cc1. The summed E-state index contributed by atoms with van der Waals surface area (Å²) >= 11 is 0. The molecular formula is C26H24O16P4. The Balaban J connectivity index is 1.98. The van der Waals surface area contributed by atoms with Crippen LogP contribution >= 0.6 is 31.3 Å². The number of benzene rings is 4. The van der Waals surface area contributed by atoms with Gasteiger partial charge in [-0.25, -0.2) is 18.3 Å². The van der Waals surface area contributed by atoms with E-state index < -0.39 is 31.3 Å². The van der Waals surface area contributed by atoms with E-state index in [1.807, 2.05) is 0 Å². The van der Waals surface area contributed by atoms with Gasteiger partial charge >= 0.3 is 31.3 Å². The van der Waals surface area contributed by atoms with Gasteiger partial charge in [-0.1, -0.05) is 48.5 Å². The monoisotopic (exact) mass is 716 g/mol. The second-order valence-corrected chi connectivity index (χ2v) is 13.8. The van der Waals surface area contributed by atoms with Gasteiger partial charge in [0.15, 0.2) is 0 Å². The summed E-state index contributed by atoms with van der Waals surface area (Å²) in [6.45, 7) is 0. The molecule has 0 aromatic heterocycles. The zero-order chi connectivity index (χ0) is 33.9. The van der Waals surface area contributed by atoms with Gasteiger partial charge in [-0.3, -0.25) is 39.1 Å². The van der Waals surface area contributed by atoms with Gasteiger partial charge in [0.2, 0.25) is 0 Å². The second kappa shape index (κ2) is 13.6. The molecule has 4 aromatic carbocycles. The molecule has 0 spiro atoms. The van der Waals surface area contributed by atoms with Gasteiger partial charge in [0.1, 0.15) is 23.0 Å². The lowest BCUT2D eigenvalue weighted by Crippen LogP contribution is -1.99. The summed E-state index contributed by atoms with van der Waals surface area (Å²) in [5, 5.41) is 0. The molecule has 20 heteroatoms. The number of rotatable bonds is 12. The smallest absolute Gasteiger partial charge is 0.404 e. The molecule has 4 rings (SSSR count). The van der Waals surface area contributed by atoms with Crippen molar-refractivity contribution in [2.45, 2.75) is 0 Å². The maximum absolute atomic E-state index is 11.4. The summed E-state index contributed by atoms with van der Waals surface area (Å²) in [4.78, 5) is 73.6. The molecule has 0 heterocycles. The molecule has 0 aliphatic heterocycles. The molecule has 0 amide bonds. The van der Waals surface area contributed by atoms with E-state index in [0.717, 1.165) is 0 Å². The molecule has 16 nitrogen and oxygen atoms in total. The highest BCUT2D eigenvalue weighted by Crippen LogP contribution is 2.44. The lowest BCUT2D eigenvalue weighted by atomic mass is 9.85. The van der Waals surface area contributed by atoms with E-state index in [1.165, 1.54) is 97.1 Å². The van der Waals surface area contributed by atoms with Crippen LogP contribution in [-0.4, -0.2) is 39.1 Å². The average Bonchev–Trinajstić information content (AvgIpc) is 2.91. The molecule has 4 aromatic rings. The predicted octanol–water partition coefficient (Wildman–Crippen LogP) is 4.58. The van der Waals surface area contributed by atoms with Gasteiger partial charge in [0.05, 0.1) is 0 Å². The minimum absolute atomic E-state index is 0.166. The van der Waals surface area contributed by atoms with Crippen LogP contribution in [0.3, 0.4) is 0 Å². The van der Waals surface area contributed by atoms with E-state index >= 15 is 0 Å². The van der Waals surface area contributed by atoms with E-state index in [1.54, 1.807) is 0 Å². The van der Waals surface area contributed by atoms with Gasteiger partial charge in [-0.15, -0.1) is 0 Å². The molecule has 0 aliphatic carbocycles. The largest absolute Gasteiger partial charge is 0.524 e. The Hall–Kier alpha value is -3.58. The molecule has 0 saturated heterocycles. The molecule has 46 heavy (non-hydrogen) atoms. The van der Waals surface area contributed by atoms with Crippen molar-refractivity contribution in [3.63, 3.8) is 0 Å². The Labute approximate surface area is 260 Å². The molecular weight excluding hydrogens is 692 g/mol. The molecule has 0 saturated carbocycles. The highest BCUT2D eigenvalue weighted by molar-refractivity contribution is 7.47. The lowest BCUT2D eigenvalue weighted by Gasteiger charge is -2.19. The molecule has 0 radical (unpaired) electrons. The second-order valence-electron chi connectivity index (χ2n) is 9.17. The fourth-order valence-electron chi connectivity index (χ4n) is 4.19. The first-order valence-corrected chi connectivity index (χ1v) is 18.5. The summed E-state index contributed by atoms with van der Waals surface area (Å²) in [7, 11) is -19.5. The zero-order valence-electron chi connectivity index (χ0n) is 22.9. The first kappa shape index (κ1) is 35.3. The Morgan fingerprint density at radius 2 is 0.478 bits per heavy atom. The van der Waals surface area contributed by atoms with E-state index in [9.17, 15) is 57.4 Å². The van der Waals surface area contributed by atoms with E-state index in [2.05, 4.69) is 18.1 Å². The van der Waals surface area contributed by atoms with E-state index in [0.29, 0.717) is 33.4 Å². The lowest BCUT2D eigenvalue weighted by molar-refractivity contribution is 0.281. The van der Waals surface area contributed by atoms with Crippen molar-refractivity contribution < 1.29 is 75.5 Å². The van der Waals surface area contributed by atoms with Gasteiger partial charge in [-0.2, -0.15) is 0 Å². The topological polar surface area (TPSA) is 267 Å². The maximum Gasteiger partial charge on any atom is 0.524 e. The normalized spacial score (nSPS) is 12.3. The van der Waals surface area contributed by atoms with Crippen LogP contribution in [-0.2, 0) is 18.3 Å². The summed E-state index contributed by atoms with van der Waals surface area (Å²) in [5.74, 6) is -0.662. The third-order valence-electron chi connectivity index (χ3n) is 5.72. The van der Waals surface area contributed by atoms with Gasteiger partial charge in [0.25, 0.3) is 0 Å². The Bertz CT molecular complexity index is 1620. The number of hydrogen-bond donors (Lipinski definition) is 8. The molecule has 244 valence electrons. The van der Waals surface area contributed by atoms with Crippen LogP contribution < -0.4 is 18.1 Å². The zero-order valence-corrected chi connectivity index (χ0v) is 26.4. The maximum atomic E-state index is 11.4. The Morgan fingerprint density at radius 3 is 0.609 bits per heavy atom. The summed E-state index contributed by atoms with van der Waals surface area (Å²) in [5.41, 5.74) is 2.48. The Morgan fingerprint density at radius 1 is 0.326 bits per heavy atom. The Kier molecular flexibility index (Phi) is 10.5. The van der Waals surface area contributed by atoms with Crippen LogP contribution in [0.5, 0.6) is 23.0 Å². The predicted molar refractivity (Wildman–Crippen MR) is 161 cm³/mol. The quantitative estimate of drug-likeness (QED) is 0.0736. The van der Waals surface area contributed by atoms with Gasteiger partial charge < -0.3 is 18.1 Å². The first-order valence-electron chi connectivity index (χ1n) is 12.4. The summed E-state index contributed by atoms with van der Waals surface area (Å²) in [6, 6.07) is 22.0. The van der Waals surface area contributed by atoms with Gasteiger partial charge in [-0.05, 0) is 81.9 Å². The van der Waals surface area contributed by atoms with Crippen LogP contribution in [0.2, 0.25) is 0 Å². The molecule has 0 bridgehead atoms. The van der Waals surface area contributed by atoms with Crippen molar-refractivity contribution in [3.8, 4) is 23.0 Å². The third-order valence-corrected chi connectivity index (χ3v) is 7.51. The molecule has 8 N–H and O–H groups in total. The minimum Gasteiger partial charge on any atom is -0.404 e. The van der Waals surface area contributed by atoms with Crippen molar-refractivity contribution >= 4 is 42.4 Å². The van der Waals surface area contributed by atoms with Crippen LogP contribution in [0.4, 0.5) is 0 Å². The fraction of sp³-hybridized carbons (Fsp3) is 0. The number of phosphoric acid groups is 4. The van der Waals surface area contributed by atoms with Crippen molar-refractivity contribution in [3.05, 3.63) is 119 Å². The molecule has 0 unspecified atom stereocenters.